The smallest absolute Gasteiger partial charge is 0.273 e. The zero-order valence-electron chi connectivity index (χ0n) is 14.1. The standard InChI is InChI=1S/C17H17N3O6/c1-11(21)18-12-4-3-5-14(8-12)26-10-17(22)19-15-7-6-13(20(23)24)9-16(15)25-2/h3-9H,10H2,1-2H3,(H,18,21)(H,19,22). The number of anilines is 2. The van der Waals surface area contributed by atoms with Gasteiger partial charge in [-0.05, 0) is 18.2 Å². The van der Waals surface area contributed by atoms with Gasteiger partial charge in [-0.2, -0.15) is 0 Å². The third-order valence-corrected chi connectivity index (χ3v) is 3.19. The number of nitro groups is 1. The molecule has 9 heteroatoms. The van der Waals surface area contributed by atoms with E-state index in [-0.39, 0.29) is 24.0 Å². The first-order valence-electron chi connectivity index (χ1n) is 7.52. The highest BCUT2D eigenvalue weighted by Gasteiger charge is 2.13. The lowest BCUT2D eigenvalue weighted by Crippen LogP contribution is -2.20. The van der Waals surface area contributed by atoms with Gasteiger partial charge in [-0.25, -0.2) is 0 Å². The molecule has 26 heavy (non-hydrogen) atoms. The van der Waals surface area contributed by atoms with E-state index in [1.165, 1.54) is 32.2 Å². The van der Waals surface area contributed by atoms with Gasteiger partial charge in [0.1, 0.15) is 11.5 Å². The van der Waals surface area contributed by atoms with Crippen LogP contribution >= 0.6 is 0 Å². The summed E-state index contributed by atoms with van der Waals surface area (Å²) in [4.78, 5) is 33.3. The molecule has 0 spiro atoms. The van der Waals surface area contributed by atoms with Crippen molar-refractivity contribution < 1.29 is 24.0 Å². The second kappa shape index (κ2) is 8.47. The zero-order valence-corrected chi connectivity index (χ0v) is 14.1. The summed E-state index contributed by atoms with van der Waals surface area (Å²) >= 11 is 0. The van der Waals surface area contributed by atoms with Crippen LogP contribution in [0.2, 0.25) is 0 Å². The Hall–Kier alpha value is -3.62. The first-order chi connectivity index (χ1) is 12.4. The lowest BCUT2D eigenvalue weighted by Gasteiger charge is -2.11. The molecule has 0 fully saturated rings. The molecule has 0 unspecified atom stereocenters. The van der Waals surface area contributed by atoms with Gasteiger partial charge in [0.25, 0.3) is 11.6 Å². The summed E-state index contributed by atoms with van der Waals surface area (Å²) in [5, 5.41) is 15.9. The predicted octanol–water partition coefficient (Wildman–Crippen LogP) is 2.58. The van der Waals surface area contributed by atoms with E-state index in [1.807, 2.05) is 0 Å². The number of rotatable bonds is 7. The molecule has 0 aliphatic rings. The number of ether oxygens (including phenoxy) is 2. The van der Waals surface area contributed by atoms with Crippen molar-refractivity contribution in [3.05, 3.63) is 52.6 Å². The summed E-state index contributed by atoms with van der Waals surface area (Å²) in [7, 11) is 1.35. The first kappa shape index (κ1) is 18.7. The van der Waals surface area contributed by atoms with E-state index in [0.29, 0.717) is 17.1 Å². The van der Waals surface area contributed by atoms with Crippen LogP contribution in [0, 0.1) is 10.1 Å². The monoisotopic (exact) mass is 359 g/mol. The van der Waals surface area contributed by atoms with E-state index in [1.54, 1.807) is 24.3 Å². The Morgan fingerprint density at radius 3 is 2.58 bits per heavy atom. The van der Waals surface area contributed by atoms with E-state index in [9.17, 15) is 19.7 Å². The summed E-state index contributed by atoms with van der Waals surface area (Å²) in [6.45, 7) is 1.10. The largest absolute Gasteiger partial charge is 0.494 e. The molecule has 0 aromatic heterocycles. The van der Waals surface area contributed by atoms with Crippen molar-refractivity contribution in [3.63, 3.8) is 0 Å². The van der Waals surface area contributed by atoms with Crippen LogP contribution in [-0.2, 0) is 9.59 Å². The number of nitrogens with one attached hydrogen (secondary N) is 2. The van der Waals surface area contributed by atoms with E-state index in [4.69, 9.17) is 9.47 Å². The maximum absolute atomic E-state index is 12.0. The van der Waals surface area contributed by atoms with Crippen LogP contribution in [0.3, 0.4) is 0 Å². The molecule has 0 bridgehead atoms. The maximum Gasteiger partial charge on any atom is 0.273 e. The van der Waals surface area contributed by atoms with Crippen molar-refractivity contribution in [3.8, 4) is 11.5 Å². The van der Waals surface area contributed by atoms with Gasteiger partial charge in [0, 0.05) is 24.7 Å². The summed E-state index contributed by atoms with van der Waals surface area (Å²) in [6.07, 6.45) is 0. The number of hydrogen-bond acceptors (Lipinski definition) is 6. The van der Waals surface area contributed by atoms with E-state index in [2.05, 4.69) is 10.6 Å². The molecule has 2 amide bonds. The molecule has 9 nitrogen and oxygen atoms in total. The number of nitrogens with zero attached hydrogens (tertiary/aromatic N) is 1. The van der Waals surface area contributed by atoms with Crippen LogP contribution in [0.4, 0.5) is 17.1 Å². The van der Waals surface area contributed by atoms with Gasteiger partial charge >= 0.3 is 0 Å². The Kier molecular flexibility index (Phi) is 6.10. The topological polar surface area (TPSA) is 120 Å². The molecule has 0 saturated heterocycles. The molecule has 0 aliphatic heterocycles. The van der Waals surface area contributed by atoms with Crippen molar-refractivity contribution in [2.24, 2.45) is 0 Å². The number of hydrogen-bond donors (Lipinski definition) is 2. The highest BCUT2D eigenvalue weighted by Crippen LogP contribution is 2.29. The lowest BCUT2D eigenvalue weighted by molar-refractivity contribution is -0.384. The van der Waals surface area contributed by atoms with Crippen LogP contribution in [0.25, 0.3) is 0 Å². The molecule has 2 rings (SSSR count). The summed E-state index contributed by atoms with van der Waals surface area (Å²) in [6, 6.07) is 10.5. The number of carbonyl (C=O) groups excluding carboxylic acids is 2. The minimum absolute atomic E-state index is 0.147. The fraction of sp³-hybridized carbons (Fsp3) is 0.176. The molecule has 2 N–H and O–H groups in total. The van der Waals surface area contributed by atoms with Crippen molar-refractivity contribution >= 4 is 28.9 Å². The molecule has 0 heterocycles. The molecule has 2 aromatic rings. The number of methoxy groups -OCH3 is 1. The summed E-state index contributed by atoms with van der Waals surface area (Å²) in [5.41, 5.74) is 0.692. The number of carbonyl (C=O) groups is 2. The van der Waals surface area contributed by atoms with Crippen LogP contribution in [0.15, 0.2) is 42.5 Å². The second-order valence-corrected chi connectivity index (χ2v) is 5.19. The highest BCUT2D eigenvalue weighted by atomic mass is 16.6. The van der Waals surface area contributed by atoms with Gasteiger partial charge in [-0.15, -0.1) is 0 Å². The minimum atomic E-state index is -0.556. The number of benzene rings is 2. The molecule has 136 valence electrons. The highest BCUT2D eigenvalue weighted by molar-refractivity contribution is 5.93. The number of nitro benzene ring substituents is 1. The van der Waals surface area contributed by atoms with Crippen molar-refractivity contribution in [2.75, 3.05) is 24.4 Å². The van der Waals surface area contributed by atoms with Crippen LogP contribution in [0.1, 0.15) is 6.92 Å². The maximum atomic E-state index is 12.0. The molecule has 0 atom stereocenters. The SMILES string of the molecule is COc1cc([N+](=O)[O-])ccc1NC(=O)COc1cccc(NC(C)=O)c1. The van der Waals surface area contributed by atoms with E-state index in [0.717, 1.165) is 0 Å². The Morgan fingerprint density at radius 2 is 1.92 bits per heavy atom. The normalized spacial score (nSPS) is 9.92. The summed E-state index contributed by atoms with van der Waals surface area (Å²) in [5.74, 6) is -0.116. The Balaban J connectivity index is 1.99. The van der Waals surface area contributed by atoms with Gasteiger partial charge in [-0.3, -0.25) is 19.7 Å². The molecule has 2 aromatic carbocycles. The molecular formula is C17H17N3O6. The average molecular weight is 359 g/mol. The second-order valence-electron chi connectivity index (χ2n) is 5.19. The molecule has 0 radical (unpaired) electrons. The van der Waals surface area contributed by atoms with E-state index < -0.39 is 10.8 Å². The van der Waals surface area contributed by atoms with Gasteiger partial charge < -0.3 is 20.1 Å². The summed E-state index contributed by atoms with van der Waals surface area (Å²) < 4.78 is 10.4. The van der Waals surface area contributed by atoms with Gasteiger partial charge in [-0.1, -0.05) is 6.07 Å². The van der Waals surface area contributed by atoms with Gasteiger partial charge in [0.2, 0.25) is 5.91 Å². The quantitative estimate of drug-likeness (QED) is 0.579. The van der Waals surface area contributed by atoms with Gasteiger partial charge in [0.15, 0.2) is 6.61 Å². The fourth-order valence-corrected chi connectivity index (χ4v) is 2.10. The molecule has 0 saturated carbocycles. The average Bonchev–Trinajstić information content (AvgIpc) is 2.60. The molecule has 0 aliphatic carbocycles. The van der Waals surface area contributed by atoms with E-state index >= 15 is 0 Å². The zero-order chi connectivity index (χ0) is 19.1. The van der Waals surface area contributed by atoms with Crippen LogP contribution < -0.4 is 20.1 Å². The Bertz CT molecular complexity index is 837. The lowest BCUT2D eigenvalue weighted by atomic mass is 10.2. The number of non-ortho nitro benzene ring substituents is 1. The van der Waals surface area contributed by atoms with Crippen molar-refractivity contribution in [2.45, 2.75) is 6.92 Å². The Labute approximate surface area is 149 Å². The predicted molar refractivity (Wildman–Crippen MR) is 94.5 cm³/mol. The number of amides is 2. The third kappa shape index (κ3) is 5.20. The van der Waals surface area contributed by atoms with Crippen molar-refractivity contribution in [1.29, 1.82) is 0 Å². The van der Waals surface area contributed by atoms with Crippen LogP contribution in [0.5, 0.6) is 11.5 Å². The van der Waals surface area contributed by atoms with Crippen molar-refractivity contribution in [1.82, 2.24) is 0 Å². The third-order valence-electron chi connectivity index (χ3n) is 3.19. The fourth-order valence-electron chi connectivity index (χ4n) is 2.10. The molecular weight excluding hydrogens is 342 g/mol. The Morgan fingerprint density at radius 1 is 1.15 bits per heavy atom. The van der Waals surface area contributed by atoms with Crippen LogP contribution in [-0.4, -0.2) is 30.5 Å². The minimum Gasteiger partial charge on any atom is -0.494 e. The van der Waals surface area contributed by atoms with Gasteiger partial charge in [0.05, 0.1) is 23.8 Å². The first-order valence-corrected chi connectivity index (χ1v) is 7.52.